The molecule has 2 saturated heterocycles. The van der Waals surface area contributed by atoms with Crippen molar-refractivity contribution in [2.45, 2.75) is 71.1 Å². The molecule has 1 amide bonds. The number of hydrogen-bond donors (Lipinski definition) is 4. The van der Waals surface area contributed by atoms with Crippen molar-refractivity contribution in [3.05, 3.63) is 101 Å². The predicted molar refractivity (Wildman–Crippen MR) is 224 cm³/mol. The van der Waals surface area contributed by atoms with E-state index in [9.17, 15) is 28.7 Å². The van der Waals surface area contributed by atoms with Gasteiger partial charge in [0.25, 0.3) is 6.43 Å². The largest absolute Gasteiger partial charge is 0.481 e. The second-order valence-corrected chi connectivity index (χ2v) is 16.6. The second kappa shape index (κ2) is 17.4. The minimum Gasteiger partial charge on any atom is -0.481 e. The van der Waals surface area contributed by atoms with E-state index in [2.05, 4.69) is 61.4 Å². The third-order valence-corrected chi connectivity index (χ3v) is 11.9. The van der Waals surface area contributed by atoms with Crippen molar-refractivity contribution in [3.63, 3.8) is 0 Å². The van der Waals surface area contributed by atoms with Gasteiger partial charge in [-0.25, -0.2) is 23.7 Å². The van der Waals surface area contributed by atoms with E-state index in [1.165, 1.54) is 0 Å². The number of aliphatic hydroxyl groups is 1. The summed E-state index contributed by atoms with van der Waals surface area (Å²) in [5.41, 5.74) is 5.61. The normalized spacial score (nSPS) is 19.7. The number of allylic oxidation sites excluding steroid dienone is 4. The zero-order valence-corrected chi connectivity index (χ0v) is 33.9. The van der Waals surface area contributed by atoms with Crippen LogP contribution in [-0.2, 0) is 22.7 Å². The molecule has 5 aromatic rings. The molecule has 2 unspecified atom stereocenters. The van der Waals surface area contributed by atoms with E-state index in [0.29, 0.717) is 91.3 Å². The number of nitriles is 1. The number of alkyl halides is 2. The van der Waals surface area contributed by atoms with Crippen molar-refractivity contribution in [3.8, 4) is 6.07 Å². The average Bonchev–Trinajstić information content (AvgIpc) is 3.85. The number of carboxylic acids is 1. The molecule has 14 nitrogen and oxygen atoms in total. The first-order chi connectivity index (χ1) is 29.3. The number of pyridine rings is 1. The number of anilines is 2. The molecule has 4 N–H and O–H groups in total. The highest BCUT2D eigenvalue weighted by molar-refractivity contribution is 5.88. The lowest BCUT2D eigenvalue weighted by molar-refractivity contribution is -0.137. The summed E-state index contributed by atoms with van der Waals surface area (Å²) in [6.07, 6.45) is 6.35. The summed E-state index contributed by atoms with van der Waals surface area (Å²) < 4.78 is 34.5. The molecule has 3 aliphatic rings. The summed E-state index contributed by atoms with van der Waals surface area (Å²) in [6.45, 7) is 8.06. The molecule has 2 atom stereocenters. The standard InChI is InChI=1S/C45H47F2N9O5/c1-45(2)33(29-5-3-6-31(20-29)51-41-38-35(52-42(54-41)40(46)47)19-27(22-50-38)24-56-16-12-32(57)25-56)7-4-8-34(45)44-53-36-18-26(17-30(21-48)39(36)61-44)23-55-14-10-28(11-15-55)43(60)49-13-9-37(58)59/h3-8,17-20,22,28,32-33,40,57H,9-16,23-25H2,1-2H3,(H,49,60)(H,58,59)(H,51,52,54). The number of rotatable bonds is 13. The maximum absolute atomic E-state index is 14.1. The van der Waals surface area contributed by atoms with Gasteiger partial charge in [-0.1, -0.05) is 44.2 Å². The SMILES string of the molecule is CC1(C)C(c2nc3cc(CN4CCC(C(=O)NCCC(=O)O)CC4)cc(C#N)c3o2)=CC=CC1c1cccc(Nc2nc(C(F)F)nc3cc(CN4CCC(O)C4)cnc23)c1. The van der Waals surface area contributed by atoms with E-state index in [1.807, 2.05) is 48.6 Å². The van der Waals surface area contributed by atoms with Crippen molar-refractivity contribution in [1.29, 1.82) is 5.26 Å². The van der Waals surface area contributed by atoms with Gasteiger partial charge >= 0.3 is 5.97 Å². The molecule has 5 heterocycles. The van der Waals surface area contributed by atoms with Gasteiger partial charge in [0.1, 0.15) is 17.1 Å². The number of halogens is 2. The summed E-state index contributed by atoms with van der Waals surface area (Å²) in [4.78, 5) is 45.5. The first-order valence-electron chi connectivity index (χ1n) is 20.5. The molecule has 0 bridgehead atoms. The molecule has 8 rings (SSSR count). The van der Waals surface area contributed by atoms with Crippen molar-refractivity contribution < 1.29 is 33.0 Å². The monoisotopic (exact) mass is 831 g/mol. The van der Waals surface area contributed by atoms with Crippen molar-refractivity contribution >= 4 is 51.1 Å². The second-order valence-electron chi connectivity index (χ2n) is 16.6. The Kier molecular flexibility index (Phi) is 11.9. The van der Waals surface area contributed by atoms with E-state index in [4.69, 9.17) is 14.5 Å². The Morgan fingerprint density at radius 2 is 1.79 bits per heavy atom. The van der Waals surface area contributed by atoms with E-state index >= 15 is 0 Å². The molecule has 0 spiro atoms. The number of likely N-dealkylation sites (tertiary alicyclic amines) is 2. The van der Waals surface area contributed by atoms with Crippen LogP contribution in [0.3, 0.4) is 0 Å². The molecule has 16 heteroatoms. The first kappa shape index (κ1) is 41.6. The number of nitrogens with zero attached hydrogens (tertiary/aromatic N) is 7. The number of β-amino-alcohol motifs (C(OH)–C–C–N with tert-alkyl or cyclic N) is 1. The number of fused-ring (bicyclic) bond motifs is 2. The molecule has 61 heavy (non-hydrogen) atoms. The highest BCUT2D eigenvalue weighted by atomic mass is 19.3. The number of aliphatic carboxylic acids is 1. The molecule has 0 saturated carbocycles. The van der Waals surface area contributed by atoms with Crippen LogP contribution in [0.2, 0.25) is 0 Å². The molecular weight excluding hydrogens is 785 g/mol. The summed E-state index contributed by atoms with van der Waals surface area (Å²) in [5, 5.41) is 34.9. The lowest BCUT2D eigenvalue weighted by atomic mass is 9.67. The van der Waals surface area contributed by atoms with Gasteiger partial charge in [0.05, 0.1) is 23.6 Å². The number of oxazole rings is 1. The third-order valence-electron chi connectivity index (χ3n) is 11.9. The lowest BCUT2D eigenvalue weighted by Crippen LogP contribution is -2.40. The Labute approximate surface area is 351 Å². The fraction of sp³-hybridized carbons (Fsp3) is 0.400. The van der Waals surface area contributed by atoms with Gasteiger partial charge in [0.15, 0.2) is 17.2 Å². The van der Waals surface area contributed by atoms with Gasteiger partial charge in [-0.2, -0.15) is 5.26 Å². The number of aromatic nitrogens is 4. The van der Waals surface area contributed by atoms with Gasteiger partial charge in [-0.3, -0.25) is 24.4 Å². The van der Waals surface area contributed by atoms with Crippen LogP contribution in [0.15, 0.2) is 71.3 Å². The minimum absolute atomic E-state index is 0.109. The van der Waals surface area contributed by atoms with Crippen LogP contribution >= 0.6 is 0 Å². The summed E-state index contributed by atoms with van der Waals surface area (Å²) in [7, 11) is 0. The number of amides is 1. The van der Waals surface area contributed by atoms with Crippen LogP contribution < -0.4 is 10.6 Å². The van der Waals surface area contributed by atoms with Gasteiger partial charge in [-0.05, 0) is 79.4 Å². The number of hydrogen-bond acceptors (Lipinski definition) is 12. The van der Waals surface area contributed by atoms with Crippen LogP contribution in [0.4, 0.5) is 20.3 Å². The van der Waals surface area contributed by atoms with Crippen molar-refractivity contribution in [1.82, 2.24) is 35.1 Å². The van der Waals surface area contributed by atoms with Crippen molar-refractivity contribution in [2.24, 2.45) is 11.3 Å². The van der Waals surface area contributed by atoms with Gasteiger partial charge < -0.3 is 25.3 Å². The fourth-order valence-electron chi connectivity index (χ4n) is 8.70. The van der Waals surface area contributed by atoms with Crippen LogP contribution in [-0.4, -0.2) is 90.7 Å². The zero-order chi connectivity index (χ0) is 42.8. The van der Waals surface area contributed by atoms with Crippen LogP contribution in [0.25, 0.3) is 27.7 Å². The Hall–Kier alpha value is -6.15. The average molecular weight is 832 g/mol. The molecular formula is C45H47F2N9O5. The zero-order valence-electron chi connectivity index (χ0n) is 33.9. The Bertz CT molecular complexity index is 2580. The van der Waals surface area contributed by atoms with E-state index in [-0.39, 0.29) is 42.6 Å². The third kappa shape index (κ3) is 9.14. The Balaban J connectivity index is 0.986. The first-order valence-corrected chi connectivity index (χ1v) is 20.5. The van der Waals surface area contributed by atoms with Gasteiger partial charge in [0, 0.05) is 67.4 Å². The number of carbonyl (C=O) groups is 2. The van der Waals surface area contributed by atoms with Crippen molar-refractivity contribution in [2.75, 3.05) is 38.0 Å². The molecule has 3 aromatic heterocycles. The van der Waals surface area contributed by atoms with Crippen LogP contribution in [0.1, 0.15) is 85.8 Å². The summed E-state index contributed by atoms with van der Waals surface area (Å²) >= 11 is 0. The van der Waals surface area contributed by atoms with Gasteiger partial charge in [-0.15, -0.1) is 0 Å². The van der Waals surface area contributed by atoms with Crippen LogP contribution in [0, 0.1) is 22.7 Å². The quantitative estimate of drug-likeness (QED) is 0.0964. The predicted octanol–water partition coefficient (Wildman–Crippen LogP) is 6.85. The number of benzene rings is 2. The maximum atomic E-state index is 14.1. The number of aliphatic hydroxyl groups excluding tert-OH is 1. The maximum Gasteiger partial charge on any atom is 0.305 e. The van der Waals surface area contributed by atoms with Crippen LogP contribution in [0.5, 0.6) is 0 Å². The molecule has 316 valence electrons. The van der Waals surface area contributed by atoms with Gasteiger partial charge in [0.2, 0.25) is 11.8 Å². The molecule has 2 fully saturated rings. The number of carbonyl (C=O) groups excluding carboxylic acids is 1. The molecule has 2 aliphatic heterocycles. The Morgan fingerprint density at radius 3 is 2.52 bits per heavy atom. The number of carboxylic acid groups (broad SMARTS) is 1. The molecule has 0 radical (unpaired) electrons. The highest BCUT2D eigenvalue weighted by Gasteiger charge is 2.38. The summed E-state index contributed by atoms with van der Waals surface area (Å²) in [5.74, 6) is -1.41. The molecule has 2 aromatic carbocycles. The lowest BCUT2D eigenvalue weighted by Gasteiger charge is -2.36. The van der Waals surface area contributed by atoms with E-state index in [0.717, 1.165) is 28.8 Å². The summed E-state index contributed by atoms with van der Waals surface area (Å²) in [6, 6.07) is 15.5. The smallest absolute Gasteiger partial charge is 0.305 e. The number of piperidine rings is 1. The topological polar surface area (TPSA) is 194 Å². The van der Waals surface area contributed by atoms with E-state index < -0.39 is 23.6 Å². The fourth-order valence-corrected chi connectivity index (χ4v) is 8.70. The van der Waals surface area contributed by atoms with E-state index in [1.54, 1.807) is 12.3 Å². The number of nitrogens with one attached hydrogen (secondary N) is 2. The molecule has 1 aliphatic carbocycles. The minimum atomic E-state index is -2.89. The Morgan fingerprint density at radius 1 is 1.02 bits per heavy atom. The highest BCUT2D eigenvalue weighted by Crippen LogP contribution is 2.49.